The van der Waals surface area contributed by atoms with E-state index in [0.29, 0.717) is 17.5 Å². The summed E-state index contributed by atoms with van der Waals surface area (Å²) >= 11 is 0. The van der Waals surface area contributed by atoms with Crippen LogP contribution in [0.3, 0.4) is 0 Å². The van der Waals surface area contributed by atoms with Crippen molar-refractivity contribution in [1.29, 1.82) is 0 Å². The maximum Gasteiger partial charge on any atom is 0.164 e. The first-order valence-corrected chi connectivity index (χ1v) is 17.9. The fraction of sp³-hybridized carbons (Fsp3) is 0. The Hall–Kier alpha value is -7.17. The van der Waals surface area contributed by atoms with E-state index >= 15 is 0 Å². The van der Waals surface area contributed by atoms with Crippen LogP contribution in [0.4, 0.5) is 0 Å². The molecule has 9 aromatic carbocycles. The summed E-state index contributed by atoms with van der Waals surface area (Å²) in [6, 6.07) is 61.6. The Morgan fingerprint density at radius 2 is 0.849 bits per heavy atom. The minimum Gasteiger partial charge on any atom is -0.455 e. The molecular formula is C49H29N3O. The quantitative estimate of drug-likeness (QED) is 0.186. The lowest BCUT2D eigenvalue weighted by molar-refractivity contribution is 0.670. The Bertz CT molecular complexity index is 3240. The summed E-state index contributed by atoms with van der Waals surface area (Å²) in [5, 5.41) is 11.2. The number of hydrogen-bond donors (Lipinski definition) is 0. The predicted octanol–water partition coefficient (Wildman–Crippen LogP) is 13.1. The normalized spacial score (nSPS) is 11.8. The maximum atomic E-state index is 6.92. The van der Waals surface area contributed by atoms with Gasteiger partial charge >= 0.3 is 0 Å². The first kappa shape index (κ1) is 29.5. The van der Waals surface area contributed by atoms with Crippen LogP contribution in [0.2, 0.25) is 0 Å². The smallest absolute Gasteiger partial charge is 0.164 e. The van der Waals surface area contributed by atoms with Crippen molar-refractivity contribution >= 4 is 65.0 Å². The van der Waals surface area contributed by atoms with Crippen molar-refractivity contribution in [2.24, 2.45) is 0 Å². The molecule has 0 bridgehead atoms. The van der Waals surface area contributed by atoms with Crippen LogP contribution in [-0.4, -0.2) is 15.0 Å². The highest BCUT2D eigenvalue weighted by Crippen LogP contribution is 2.44. The highest BCUT2D eigenvalue weighted by atomic mass is 16.3. The van der Waals surface area contributed by atoms with Crippen LogP contribution in [0, 0.1) is 0 Å². The van der Waals surface area contributed by atoms with Crippen LogP contribution >= 0.6 is 0 Å². The third kappa shape index (κ3) is 4.80. The van der Waals surface area contributed by atoms with Gasteiger partial charge in [-0.15, -0.1) is 0 Å². The Balaban J connectivity index is 1.24. The Morgan fingerprint density at radius 1 is 0.321 bits per heavy atom. The van der Waals surface area contributed by atoms with Crippen molar-refractivity contribution < 1.29 is 4.42 Å². The summed E-state index contributed by atoms with van der Waals surface area (Å²) in [5.74, 6) is 1.84. The monoisotopic (exact) mass is 675 g/mol. The van der Waals surface area contributed by atoms with E-state index in [9.17, 15) is 0 Å². The molecule has 0 amide bonds. The molecule has 2 aromatic heterocycles. The standard InChI is InChI=1S/C49H29N3O/c1-2-14-33-27-36(24-23-30(33)11-1)47-50-48(41-22-10-18-32-13-6-8-20-38(32)41)52-49(51-47)42-26-25-40(39-21-9-17-31-12-5-7-19-37(31)39)46-45(42)43-28-34-15-3-4-16-35(34)29-44(43)53-46/h1-29H. The molecule has 4 heteroatoms. The van der Waals surface area contributed by atoms with Crippen LogP contribution in [0.5, 0.6) is 0 Å². The summed E-state index contributed by atoms with van der Waals surface area (Å²) < 4.78 is 6.92. The molecule has 0 unspecified atom stereocenters. The van der Waals surface area contributed by atoms with Crippen LogP contribution in [0.25, 0.3) is 110 Å². The van der Waals surface area contributed by atoms with Gasteiger partial charge in [0.25, 0.3) is 0 Å². The van der Waals surface area contributed by atoms with Gasteiger partial charge < -0.3 is 4.42 Å². The molecule has 246 valence electrons. The van der Waals surface area contributed by atoms with E-state index in [0.717, 1.165) is 76.7 Å². The van der Waals surface area contributed by atoms with Gasteiger partial charge in [0, 0.05) is 33.0 Å². The molecular weight excluding hydrogens is 647 g/mol. The number of benzene rings is 9. The molecule has 0 aliphatic heterocycles. The Kier molecular flexibility index (Phi) is 6.52. The largest absolute Gasteiger partial charge is 0.455 e. The van der Waals surface area contributed by atoms with E-state index in [-0.39, 0.29) is 0 Å². The van der Waals surface area contributed by atoms with Crippen molar-refractivity contribution in [3.05, 3.63) is 176 Å². The second-order valence-electron chi connectivity index (χ2n) is 13.6. The zero-order chi connectivity index (χ0) is 34.9. The Morgan fingerprint density at radius 3 is 1.58 bits per heavy atom. The molecule has 0 saturated carbocycles. The van der Waals surface area contributed by atoms with Gasteiger partial charge in [0.1, 0.15) is 11.2 Å². The van der Waals surface area contributed by atoms with Crippen molar-refractivity contribution in [1.82, 2.24) is 15.0 Å². The van der Waals surface area contributed by atoms with Gasteiger partial charge in [-0.2, -0.15) is 0 Å². The number of aromatic nitrogens is 3. The molecule has 0 aliphatic carbocycles. The van der Waals surface area contributed by atoms with E-state index in [4.69, 9.17) is 19.4 Å². The highest BCUT2D eigenvalue weighted by Gasteiger charge is 2.22. The number of rotatable bonds is 4. The van der Waals surface area contributed by atoms with Crippen molar-refractivity contribution in [3.8, 4) is 45.3 Å². The lowest BCUT2D eigenvalue weighted by Gasteiger charge is -2.13. The first-order chi connectivity index (χ1) is 26.2. The van der Waals surface area contributed by atoms with E-state index < -0.39 is 0 Å². The minimum atomic E-state index is 0.594. The van der Waals surface area contributed by atoms with Gasteiger partial charge in [0.05, 0.1) is 0 Å². The molecule has 11 aromatic rings. The number of furan rings is 1. The predicted molar refractivity (Wildman–Crippen MR) is 219 cm³/mol. The highest BCUT2D eigenvalue weighted by molar-refractivity contribution is 6.19. The van der Waals surface area contributed by atoms with Gasteiger partial charge in [0.15, 0.2) is 17.5 Å². The van der Waals surface area contributed by atoms with Crippen LogP contribution in [0.1, 0.15) is 0 Å². The van der Waals surface area contributed by atoms with Crippen LogP contribution < -0.4 is 0 Å². The number of hydrogen-bond acceptors (Lipinski definition) is 4. The van der Waals surface area contributed by atoms with Gasteiger partial charge in [-0.1, -0.05) is 146 Å². The molecule has 0 atom stereocenters. The number of fused-ring (bicyclic) bond motifs is 7. The fourth-order valence-corrected chi connectivity index (χ4v) is 7.92. The second-order valence-corrected chi connectivity index (χ2v) is 13.6. The molecule has 0 N–H and O–H groups in total. The average molecular weight is 676 g/mol. The molecule has 53 heavy (non-hydrogen) atoms. The van der Waals surface area contributed by atoms with Crippen molar-refractivity contribution in [2.45, 2.75) is 0 Å². The lowest BCUT2D eigenvalue weighted by Crippen LogP contribution is -2.01. The van der Waals surface area contributed by atoms with Gasteiger partial charge in [-0.25, -0.2) is 15.0 Å². The molecule has 0 aliphatic rings. The van der Waals surface area contributed by atoms with Gasteiger partial charge in [0.2, 0.25) is 0 Å². The third-order valence-electron chi connectivity index (χ3n) is 10.5. The van der Waals surface area contributed by atoms with Crippen LogP contribution in [-0.2, 0) is 0 Å². The van der Waals surface area contributed by atoms with E-state index in [2.05, 4.69) is 176 Å². The van der Waals surface area contributed by atoms with Crippen LogP contribution in [0.15, 0.2) is 180 Å². The summed E-state index contributed by atoms with van der Waals surface area (Å²) in [4.78, 5) is 15.8. The summed E-state index contributed by atoms with van der Waals surface area (Å²) in [5.41, 5.74) is 6.56. The van der Waals surface area contributed by atoms with E-state index in [1.807, 2.05) is 0 Å². The zero-order valence-electron chi connectivity index (χ0n) is 28.5. The Labute approximate surface area is 304 Å². The molecule has 0 saturated heterocycles. The zero-order valence-corrected chi connectivity index (χ0v) is 28.5. The summed E-state index contributed by atoms with van der Waals surface area (Å²) in [6.45, 7) is 0. The summed E-state index contributed by atoms with van der Waals surface area (Å²) in [6.07, 6.45) is 0. The second kappa shape index (κ2) is 11.7. The average Bonchev–Trinajstić information content (AvgIpc) is 3.60. The van der Waals surface area contributed by atoms with E-state index in [1.54, 1.807) is 0 Å². The minimum absolute atomic E-state index is 0.594. The fourth-order valence-electron chi connectivity index (χ4n) is 7.92. The molecule has 4 nitrogen and oxygen atoms in total. The summed E-state index contributed by atoms with van der Waals surface area (Å²) in [7, 11) is 0. The molecule has 0 fully saturated rings. The lowest BCUT2D eigenvalue weighted by atomic mass is 9.94. The number of nitrogens with zero attached hydrogens (tertiary/aromatic N) is 3. The molecule has 11 rings (SSSR count). The van der Waals surface area contributed by atoms with E-state index in [1.165, 1.54) is 16.2 Å². The molecule has 2 heterocycles. The van der Waals surface area contributed by atoms with Crippen molar-refractivity contribution in [3.63, 3.8) is 0 Å². The maximum absolute atomic E-state index is 6.92. The molecule has 0 radical (unpaired) electrons. The van der Waals surface area contributed by atoms with Gasteiger partial charge in [-0.3, -0.25) is 0 Å². The topological polar surface area (TPSA) is 51.8 Å². The SMILES string of the molecule is c1ccc2cc(-c3nc(-c4cccc5ccccc45)nc(-c4ccc(-c5cccc6ccccc56)c5oc6cc7ccccc7cc6c45)n3)ccc2c1. The first-order valence-electron chi connectivity index (χ1n) is 17.9. The van der Waals surface area contributed by atoms with Gasteiger partial charge in [-0.05, 0) is 79.0 Å². The van der Waals surface area contributed by atoms with Crippen molar-refractivity contribution in [2.75, 3.05) is 0 Å². The third-order valence-corrected chi connectivity index (χ3v) is 10.5. The molecule has 0 spiro atoms.